The number of benzene rings is 1. The van der Waals surface area contributed by atoms with Crippen molar-refractivity contribution in [3.8, 4) is 16.9 Å². The Labute approximate surface area is 152 Å². The fourth-order valence-corrected chi connectivity index (χ4v) is 3.46. The lowest BCUT2D eigenvalue weighted by atomic mass is 10.0. The smallest absolute Gasteiger partial charge is 0.259 e. The minimum absolute atomic E-state index is 0.160. The Balaban J connectivity index is 2.36. The molecule has 0 atom stereocenters. The SMILES string of the molecule is CCCOc1ccc(S(C)(=O)=O)cc1-c1cn(C)c(=O)c2cnccc12. The topological polar surface area (TPSA) is 78.3 Å². The lowest BCUT2D eigenvalue weighted by Gasteiger charge is -2.15. The molecule has 0 N–H and O–H groups in total. The minimum atomic E-state index is -3.38. The van der Waals surface area contributed by atoms with Crippen molar-refractivity contribution in [2.75, 3.05) is 12.9 Å². The number of sulfone groups is 1. The summed E-state index contributed by atoms with van der Waals surface area (Å²) in [5, 5.41) is 1.17. The first kappa shape index (κ1) is 18.1. The van der Waals surface area contributed by atoms with Gasteiger partial charge in [0.25, 0.3) is 5.56 Å². The van der Waals surface area contributed by atoms with E-state index in [-0.39, 0.29) is 10.5 Å². The maximum atomic E-state index is 12.4. The molecule has 0 aliphatic heterocycles. The molecule has 0 amide bonds. The highest BCUT2D eigenvalue weighted by molar-refractivity contribution is 7.90. The van der Waals surface area contributed by atoms with E-state index < -0.39 is 9.84 Å². The van der Waals surface area contributed by atoms with Gasteiger partial charge in [0.05, 0.1) is 16.9 Å². The van der Waals surface area contributed by atoms with E-state index >= 15 is 0 Å². The van der Waals surface area contributed by atoms with Crippen LogP contribution in [0.25, 0.3) is 21.9 Å². The largest absolute Gasteiger partial charge is 0.493 e. The highest BCUT2D eigenvalue weighted by atomic mass is 32.2. The molecule has 0 aliphatic carbocycles. The van der Waals surface area contributed by atoms with Crippen LogP contribution in [0.3, 0.4) is 0 Å². The van der Waals surface area contributed by atoms with Crippen LogP contribution in [-0.2, 0) is 16.9 Å². The molecule has 0 unspecified atom stereocenters. The molecular formula is C19H20N2O4S. The third-order valence-electron chi connectivity index (χ3n) is 4.12. The zero-order valence-corrected chi connectivity index (χ0v) is 15.7. The Bertz CT molecular complexity index is 1130. The third-order valence-corrected chi connectivity index (χ3v) is 5.23. The third kappa shape index (κ3) is 3.35. The molecule has 0 bridgehead atoms. The van der Waals surface area contributed by atoms with Crippen molar-refractivity contribution in [3.05, 3.63) is 53.2 Å². The average molecular weight is 372 g/mol. The number of nitrogens with zero attached hydrogens (tertiary/aromatic N) is 2. The van der Waals surface area contributed by atoms with Crippen molar-refractivity contribution >= 4 is 20.6 Å². The van der Waals surface area contributed by atoms with Crippen LogP contribution in [0.2, 0.25) is 0 Å². The second-order valence-electron chi connectivity index (χ2n) is 6.16. The second-order valence-corrected chi connectivity index (χ2v) is 8.17. The van der Waals surface area contributed by atoms with Gasteiger partial charge in [0.2, 0.25) is 0 Å². The van der Waals surface area contributed by atoms with E-state index in [1.165, 1.54) is 23.1 Å². The molecule has 26 heavy (non-hydrogen) atoms. The summed E-state index contributed by atoms with van der Waals surface area (Å²) in [5.74, 6) is 0.580. The maximum absolute atomic E-state index is 12.4. The highest BCUT2D eigenvalue weighted by Crippen LogP contribution is 2.35. The van der Waals surface area contributed by atoms with Gasteiger partial charge in [-0.2, -0.15) is 0 Å². The van der Waals surface area contributed by atoms with Crippen LogP contribution in [0, 0.1) is 0 Å². The first-order chi connectivity index (χ1) is 12.3. The number of hydrogen-bond acceptors (Lipinski definition) is 5. The van der Waals surface area contributed by atoms with Crippen LogP contribution >= 0.6 is 0 Å². The maximum Gasteiger partial charge on any atom is 0.259 e. The summed E-state index contributed by atoms with van der Waals surface area (Å²) in [6.45, 7) is 2.51. The van der Waals surface area contributed by atoms with Gasteiger partial charge < -0.3 is 9.30 Å². The molecule has 0 radical (unpaired) electrons. The zero-order chi connectivity index (χ0) is 18.9. The van der Waals surface area contributed by atoms with Gasteiger partial charge in [0, 0.05) is 43.0 Å². The number of fused-ring (bicyclic) bond motifs is 1. The number of ether oxygens (including phenoxy) is 1. The van der Waals surface area contributed by atoms with E-state index in [1.54, 1.807) is 37.6 Å². The van der Waals surface area contributed by atoms with Crippen LogP contribution in [-0.4, -0.2) is 30.8 Å². The van der Waals surface area contributed by atoms with Gasteiger partial charge >= 0.3 is 0 Å². The van der Waals surface area contributed by atoms with Crippen LogP contribution in [0.4, 0.5) is 0 Å². The molecule has 0 aliphatic rings. The Morgan fingerprint density at radius 3 is 2.62 bits per heavy atom. The number of aromatic nitrogens is 2. The van der Waals surface area contributed by atoms with Gasteiger partial charge in [-0.3, -0.25) is 9.78 Å². The molecular weight excluding hydrogens is 352 g/mol. The zero-order valence-electron chi connectivity index (χ0n) is 14.9. The van der Waals surface area contributed by atoms with Crippen molar-refractivity contribution in [3.63, 3.8) is 0 Å². The van der Waals surface area contributed by atoms with Gasteiger partial charge in [-0.25, -0.2) is 8.42 Å². The van der Waals surface area contributed by atoms with Crippen molar-refractivity contribution < 1.29 is 13.2 Å². The quantitative estimate of drug-likeness (QED) is 0.688. The predicted molar refractivity (Wildman–Crippen MR) is 101 cm³/mol. The summed E-state index contributed by atoms with van der Waals surface area (Å²) in [5.41, 5.74) is 1.20. The lowest BCUT2D eigenvalue weighted by Crippen LogP contribution is -2.17. The van der Waals surface area contributed by atoms with Crippen molar-refractivity contribution in [2.24, 2.45) is 7.05 Å². The van der Waals surface area contributed by atoms with Gasteiger partial charge in [-0.15, -0.1) is 0 Å². The van der Waals surface area contributed by atoms with Gasteiger partial charge in [-0.05, 0) is 36.1 Å². The molecule has 0 saturated carbocycles. The number of aryl methyl sites for hydroxylation is 1. The van der Waals surface area contributed by atoms with Crippen molar-refractivity contribution in [1.82, 2.24) is 9.55 Å². The summed E-state index contributed by atoms with van der Waals surface area (Å²) in [7, 11) is -1.72. The fourth-order valence-electron chi connectivity index (χ4n) is 2.81. The van der Waals surface area contributed by atoms with E-state index in [9.17, 15) is 13.2 Å². The van der Waals surface area contributed by atoms with Crippen molar-refractivity contribution in [1.29, 1.82) is 0 Å². The monoisotopic (exact) mass is 372 g/mol. The molecule has 2 heterocycles. The van der Waals surface area contributed by atoms with Crippen LogP contribution in [0.5, 0.6) is 5.75 Å². The first-order valence-electron chi connectivity index (χ1n) is 8.23. The van der Waals surface area contributed by atoms with Crippen molar-refractivity contribution in [2.45, 2.75) is 18.2 Å². The molecule has 2 aromatic heterocycles. The Morgan fingerprint density at radius 1 is 1.15 bits per heavy atom. The normalized spacial score (nSPS) is 11.7. The predicted octanol–water partition coefficient (Wildman–Crippen LogP) is 2.79. The van der Waals surface area contributed by atoms with Crippen LogP contribution in [0.1, 0.15) is 13.3 Å². The summed E-state index contributed by atoms with van der Waals surface area (Å²) in [4.78, 5) is 16.6. The Hall–Kier alpha value is -2.67. The molecule has 6 nitrogen and oxygen atoms in total. The van der Waals surface area contributed by atoms with E-state index in [0.717, 1.165) is 12.0 Å². The molecule has 1 aromatic carbocycles. The van der Waals surface area contributed by atoms with Crippen LogP contribution in [0.15, 0.2) is 52.5 Å². The van der Waals surface area contributed by atoms with Crippen LogP contribution < -0.4 is 10.3 Å². The average Bonchev–Trinajstić information content (AvgIpc) is 2.62. The second kappa shape index (κ2) is 6.92. The summed E-state index contributed by atoms with van der Waals surface area (Å²) < 4.78 is 31.3. The summed E-state index contributed by atoms with van der Waals surface area (Å²) in [6.07, 6.45) is 6.82. The standard InChI is InChI=1S/C19H20N2O4S/c1-4-9-25-18-6-5-13(26(3,23)24)10-15(18)17-12-21(2)19(22)16-11-20-8-7-14(16)17/h5-8,10-12H,4,9H2,1-3H3. The number of pyridine rings is 2. The van der Waals surface area contributed by atoms with Gasteiger partial charge in [-0.1, -0.05) is 6.92 Å². The number of rotatable bonds is 5. The fraction of sp³-hybridized carbons (Fsp3) is 0.263. The summed E-state index contributed by atoms with van der Waals surface area (Å²) >= 11 is 0. The molecule has 0 fully saturated rings. The lowest BCUT2D eigenvalue weighted by molar-refractivity contribution is 0.318. The van der Waals surface area contributed by atoms with E-state index in [4.69, 9.17) is 4.74 Å². The highest BCUT2D eigenvalue weighted by Gasteiger charge is 2.17. The Morgan fingerprint density at radius 2 is 1.92 bits per heavy atom. The van der Waals surface area contributed by atoms with Gasteiger partial charge in [0.15, 0.2) is 9.84 Å². The minimum Gasteiger partial charge on any atom is -0.493 e. The van der Waals surface area contributed by atoms with E-state index in [2.05, 4.69) is 4.98 Å². The summed E-state index contributed by atoms with van der Waals surface area (Å²) in [6, 6.07) is 6.55. The molecule has 3 aromatic rings. The van der Waals surface area contributed by atoms with Gasteiger partial charge in [0.1, 0.15) is 5.75 Å². The number of hydrogen-bond donors (Lipinski definition) is 0. The Kier molecular flexibility index (Phi) is 4.82. The van der Waals surface area contributed by atoms with E-state index in [0.29, 0.717) is 28.7 Å². The molecule has 136 valence electrons. The molecule has 0 saturated heterocycles. The molecule has 7 heteroatoms. The molecule has 3 rings (SSSR count). The van der Waals surface area contributed by atoms with E-state index in [1.807, 2.05) is 6.92 Å². The first-order valence-corrected chi connectivity index (χ1v) is 10.1. The molecule has 0 spiro atoms.